The fourth-order valence-corrected chi connectivity index (χ4v) is 5.24. The Bertz CT molecular complexity index is 923. The van der Waals surface area contributed by atoms with Gasteiger partial charge in [0.15, 0.2) is 0 Å². The van der Waals surface area contributed by atoms with Gasteiger partial charge in [-0.1, -0.05) is 49.4 Å². The SMILES string of the molecule is COC(=O)c1ccc(CCCN2C(=O)CCC2/C=C/C(O)C(C)CCCc2ccccc2)s1. The second-order valence-corrected chi connectivity index (χ2v) is 9.95. The number of hydrogen-bond acceptors (Lipinski definition) is 5. The molecule has 1 aliphatic heterocycles. The normalized spacial score (nSPS) is 18.1. The van der Waals surface area contributed by atoms with Crippen molar-refractivity contribution in [2.75, 3.05) is 13.7 Å². The number of aryl methyl sites for hydroxylation is 2. The molecule has 2 aromatic rings. The summed E-state index contributed by atoms with van der Waals surface area (Å²) in [6.07, 6.45) is 9.46. The first-order valence-electron chi connectivity index (χ1n) is 11.8. The lowest BCUT2D eigenvalue weighted by Crippen LogP contribution is -2.33. The molecule has 5 nitrogen and oxygen atoms in total. The first kappa shape index (κ1) is 25.2. The molecule has 0 saturated carbocycles. The van der Waals surface area contributed by atoms with E-state index in [9.17, 15) is 14.7 Å². The minimum atomic E-state index is -0.499. The van der Waals surface area contributed by atoms with Crippen LogP contribution in [0.2, 0.25) is 0 Å². The van der Waals surface area contributed by atoms with Gasteiger partial charge in [0.2, 0.25) is 5.91 Å². The number of benzene rings is 1. The maximum absolute atomic E-state index is 12.4. The van der Waals surface area contributed by atoms with Crippen LogP contribution in [-0.4, -0.2) is 47.7 Å². The number of hydrogen-bond donors (Lipinski definition) is 1. The van der Waals surface area contributed by atoms with E-state index in [2.05, 4.69) is 31.2 Å². The summed E-state index contributed by atoms with van der Waals surface area (Å²) in [5, 5.41) is 10.6. The molecule has 0 bridgehead atoms. The highest BCUT2D eigenvalue weighted by Crippen LogP contribution is 2.23. The minimum absolute atomic E-state index is 0.0534. The maximum Gasteiger partial charge on any atom is 0.348 e. The Balaban J connectivity index is 1.43. The zero-order valence-corrected chi connectivity index (χ0v) is 20.4. The molecule has 1 saturated heterocycles. The predicted octanol–water partition coefficient (Wildman–Crippen LogP) is 5.03. The van der Waals surface area contributed by atoms with Crippen LogP contribution in [0.4, 0.5) is 0 Å². The smallest absolute Gasteiger partial charge is 0.348 e. The van der Waals surface area contributed by atoms with E-state index in [-0.39, 0.29) is 23.8 Å². The van der Waals surface area contributed by atoms with Crippen molar-refractivity contribution in [3.8, 4) is 0 Å². The zero-order chi connectivity index (χ0) is 23.6. The Kier molecular flexibility index (Phi) is 9.70. The number of amides is 1. The average Bonchev–Trinajstić information content (AvgIpc) is 3.44. The van der Waals surface area contributed by atoms with E-state index >= 15 is 0 Å². The molecule has 3 rings (SSSR count). The van der Waals surface area contributed by atoms with E-state index in [0.29, 0.717) is 17.8 Å². The zero-order valence-electron chi connectivity index (χ0n) is 19.6. The number of aliphatic hydroxyl groups excluding tert-OH is 1. The van der Waals surface area contributed by atoms with E-state index < -0.39 is 6.10 Å². The molecule has 33 heavy (non-hydrogen) atoms. The molecule has 6 heteroatoms. The number of methoxy groups -OCH3 is 1. The fraction of sp³-hybridized carbons (Fsp3) is 0.481. The van der Waals surface area contributed by atoms with E-state index in [1.54, 1.807) is 6.07 Å². The van der Waals surface area contributed by atoms with Crippen molar-refractivity contribution in [2.45, 2.75) is 64.0 Å². The average molecular weight is 470 g/mol. The first-order chi connectivity index (χ1) is 16.0. The van der Waals surface area contributed by atoms with Gasteiger partial charge in [-0.25, -0.2) is 4.79 Å². The van der Waals surface area contributed by atoms with Gasteiger partial charge >= 0.3 is 5.97 Å². The number of aliphatic hydroxyl groups is 1. The molecule has 1 aromatic carbocycles. The molecule has 1 aromatic heterocycles. The highest BCUT2D eigenvalue weighted by molar-refractivity contribution is 7.13. The highest BCUT2D eigenvalue weighted by Gasteiger charge is 2.28. The molecule has 3 unspecified atom stereocenters. The van der Waals surface area contributed by atoms with Crippen LogP contribution in [-0.2, 0) is 22.4 Å². The summed E-state index contributed by atoms with van der Waals surface area (Å²) in [7, 11) is 1.39. The van der Waals surface area contributed by atoms with E-state index in [1.165, 1.54) is 24.0 Å². The number of rotatable bonds is 12. The van der Waals surface area contributed by atoms with E-state index in [1.807, 2.05) is 29.2 Å². The Morgan fingerprint density at radius 2 is 2.00 bits per heavy atom. The summed E-state index contributed by atoms with van der Waals surface area (Å²) >= 11 is 1.45. The van der Waals surface area contributed by atoms with Gasteiger partial charge in [-0.2, -0.15) is 0 Å². The third-order valence-corrected chi connectivity index (χ3v) is 7.45. The lowest BCUT2D eigenvalue weighted by atomic mass is 9.95. The van der Waals surface area contributed by atoms with Gasteiger partial charge in [0.1, 0.15) is 4.88 Å². The van der Waals surface area contributed by atoms with Crippen LogP contribution in [0.15, 0.2) is 54.6 Å². The molecular weight excluding hydrogens is 434 g/mol. The molecule has 0 spiro atoms. The van der Waals surface area contributed by atoms with Crippen LogP contribution in [0.3, 0.4) is 0 Å². The van der Waals surface area contributed by atoms with Crippen LogP contribution in [0.25, 0.3) is 0 Å². The van der Waals surface area contributed by atoms with Crippen LogP contribution >= 0.6 is 11.3 Å². The summed E-state index contributed by atoms with van der Waals surface area (Å²) in [5.74, 6) is 0.0499. The van der Waals surface area contributed by atoms with Gasteiger partial charge in [-0.05, 0) is 62.1 Å². The van der Waals surface area contributed by atoms with Crippen LogP contribution in [0.1, 0.15) is 59.1 Å². The Hall–Kier alpha value is -2.44. The number of carbonyl (C=O) groups excluding carboxylic acids is 2. The van der Waals surface area contributed by atoms with Gasteiger partial charge in [0.25, 0.3) is 0 Å². The lowest BCUT2D eigenvalue weighted by Gasteiger charge is -2.23. The molecule has 1 amide bonds. The summed E-state index contributed by atoms with van der Waals surface area (Å²) in [4.78, 5) is 27.6. The molecule has 1 fully saturated rings. The monoisotopic (exact) mass is 469 g/mol. The van der Waals surface area contributed by atoms with Crippen molar-refractivity contribution in [1.29, 1.82) is 0 Å². The number of carbonyl (C=O) groups is 2. The second kappa shape index (κ2) is 12.7. The van der Waals surface area contributed by atoms with Crippen molar-refractivity contribution < 1.29 is 19.4 Å². The quantitative estimate of drug-likeness (QED) is 0.350. The van der Waals surface area contributed by atoms with Crippen molar-refractivity contribution in [3.05, 3.63) is 69.9 Å². The largest absolute Gasteiger partial charge is 0.465 e. The summed E-state index contributed by atoms with van der Waals surface area (Å²) in [6, 6.07) is 14.2. The fourth-order valence-electron chi connectivity index (χ4n) is 4.27. The standard InChI is InChI=1S/C27H35NO4S/c1-20(8-6-11-21-9-4-3-5-10-21)24(29)16-13-22-14-18-26(30)28(22)19-7-12-23-15-17-25(33-23)27(31)32-2/h3-5,9-10,13,15-17,20,22,24,29H,6-8,11-12,14,18-19H2,1-2H3/b16-13+. The van der Waals surface area contributed by atoms with Crippen molar-refractivity contribution in [3.63, 3.8) is 0 Å². The Labute approximate surface area is 201 Å². The van der Waals surface area contributed by atoms with Gasteiger partial charge < -0.3 is 14.7 Å². The number of thiophene rings is 1. The van der Waals surface area contributed by atoms with E-state index in [4.69, 9.17) is 4.74 Å². The molecule has 3 atom stereocenters. The topological polar surface area (TPSA) is 66.8 Å². The van der Waals surface area contributed by atoms with Crippen molar-refractivity contribution in [2.24, 2.45) is 5.92 Å². The highest BCUT2D eigenvalue weighted by atomic mass is 32.1. The Morgan fingerprint density at radius 1 is 1.21 bits per heavy atom. The number of nitrogens with zero attached hydrogens (tertiary/aromatic N) is 1. The Morgan fingerprint density at radius 3 is 2.76 bits per heavy atom. The van der Waals surface area contributed by atoms with E-state index in [0.717, 1.165) is 43.4 Å². The van der Waals surface area contributed by atoms with Crippen LogP contribution in [0.5, 0.6) is 0 Å². The molecule has 1 aliphatic rings. The molecule has 2 heterocycles. The molecule has 0 aliphatic carbocycles. The summed E-state index contributed by atoms with van der Waals surface area (Å²) in [5.41, 5.74) is 1.33. The van der Waals surface area contributed by atoms with Gasteiger partial charge in [-0.15, -0.1) is 11.3 Å². The third-order valence-electron chi connectivity index (χ3n) is 6.33. The third kappa shape index (κ3) is 7.54. The number of esters is 1. The number of ether oxygens (including phenoxy) is 1. The summed E-state index contributed by atoms with van der Waals surface area (Å²) < 4.78 is 4.76. The minimum Gasteiger partial charge on any atom is -0.465 e. The predicted molar refractivity (Wildman–Crippen MR) is 132 cm³/mol. The maximum atomic E-state index is 12.4. The van der Waals surface area contributed by atoms with Crippen molar-refractivity contribution in [1.82, 2.24) is 4.90 Å². The van der Waals surface area contributed by atoms with Crippen molar-refractivity contribution >= 4 is 23.2 Å². The van der Waals surface area contributed by atoms with Crippen LogP contribution in [0, 0.1) is 5.92 Å². The molecular formula is C27H35NO4S. The molecule has 0 radical (unpaired) electrons. The lowest BCUT2D eigenvalue weighted by molar-refractivity contribution is -0.128. The van der Waals surface area contributed by atoms with Crippen LogP contribution < -0.4 is 0 Å². The van der Waals surface area contributed by atoms with Gasteiger partial charge in [0.05, 0.1) is 19.3 Å². The number of likely N-dealkylation sites (tertiary alicyclic amines) is 1. The van der Waals surface area contributed by atoms with Gasteiger partial charge in [0, 0.05) is 17.8 Å². The molecule has 178 valence electrons. The molecule has 1 N–H and O–H groups in total. The first-order valence-corrected chi connectivity index (χ1v) is 12.7. The van der Waals surface area contributed by atoms with Gasteiger partial charge in [-0.3, -0.25) is 4.79 Å². The second-order valence-electron chi connectivity index (χ2n) is 8.78. The summed E-state index contributed by atoms with van der Waals surface area (Å²) in [6.45, 7) is 2.77.